The number of hydrogen-bond donors (Lipinski definition) is 2. The molecule has 0 radical (unpaired) electrons. The van der Waals surface area contributed by atoms with Crippen LogP contribution in [0.4, 0.5) is 11.6 Å². The average molecular weight is 498 g/mol. The van der Waals surface area contributed by atoms with Crippen molar-refractivity contribution in [2.75, 3.05) is 44.4 Å². The molecule has 1 amide bonds. The van der Waals surface area contributed by atoms with Gasteiger partial charge in [-0.15, -0.1) is 10.2 Å². The lowest BCUT2D eigenvalue weighted by atomic mass is 10.1. The van der Waals surface area contributed by atoms with E-state index in [4.69, 9.17) is 4.74 Å². The van der Waals surface area contributed by atoms with Gasteiger partial charge in [-0.3, -0.25) is 4.79 Å². The van der Waals surface area contributed by atoms with Gasteiger partial charge in [-0.05, 0) is 61.3 Å². The molecule has 2 N–H and O–H groups in total. The smallest absolute Gasteiger partial charge is 0.228 e. The van der Waals surface area contributed by atoms with Crippen LogP contribution in [-0.2, 0) is 9.53 Å². The van der Waals surface area contributed by atoms with Crippen molar-refractivity contribution in [2.45, 2.75) is 31.8 Å². The zero-order valence-corrected chi connectivity index (χ0v) is 21.4. The van der Waals surface area contributed by atoms with Crippen LogP contribution in [0.15, 0.2) is 30.6 Å². The summed E-state index contributed by atoms with van der Waals surface area (Å²) < 4.78 is 6.01. The van der Waals surface area contributed by atoms with Crippen LogP contribution in [0.25, 0.3) is 10.9 Å². The molecule has 190 valence electrons. The molecule has 5 atom stereocenters. The van der Waals surface area contributed by atoms with Gasteiger partial charge in [-0.25, -0.2) is 9.97 Å². The summed E-state index contributed by atoms with van der Waals surface area (Å²) in [4.78, 5) is 23.8. The maximum atomic E-state index is 12.4. The van der Waals surface area contributed by atoms with E-state index in [1.54, 1.807) is 13.2 Å². The van der Waals surface area contributed by atoms with Crippen LogP contribution >= 0.6 is 0 Å². The number of anilines is 2. The number of rotatable bonds is 5. The third-order valence-electron chi connectivity index (χ3n) is 7.72. The number of amides is 1. The maximum Gasteiger partial charge on any atom is 0.228 e. The fraction of sp³-hybridized carbons (Fsp3) is 0.464. The van der Waals surface area contributed by atoms with Crippen molar-refractivity contribution in [1.29, 1.82) is 0 Å². The molecule has 0 spiro atoms. The summed E-state index contributed by atoms with van der Waals surface area (Å²) in [5, 5.41) is 15.2. The summed E-state index contributed by atoms with van der Waals surface area (Å²) in [6, 6.07) is 5.92. The van der Waals surface area contributed by atoms with Gasteiger partial charge in [-0.2, -0.15) is 0 Å². The Kier molecular flexibility index (Phi) is 6.22. The second-order valence-corrected chi connectivity index (χ2v) is 10.5. The van der Waals surface area contributed by atoms with Crippen LogP contribution in [-0.4, -0.2) is 70.9 Å². The minimum atomic E-state index is -0.0130. The first-order valence-corrected chi connectivity index (χ1v) is 12.9. The standard InChI is InChI=1S/C28H31N7O2/c1-16-10-20(16)28(36)32-25-12-22-18(14-31-27(29-2)26(22)34-33-25)5-7-19-6-4-17(13-30-19)21-11-23(21)24-15-35(3)8-9-37-24/h4,6,12-14,16,20-21,23-24H,8-11,15H2,1-3H3,(H,29,31)(H,32,33,36)/t16-,20+,21+,23+,24-/m1/s1. The topological polar surface area (TPSA) is 105 Å². The molecule has 2 aliphatic carbocycles. The van der Waals surface area contributed by atoms with E-state index in [9.17, 15) is 4.79 Å². The lowest BCUT2D eigenvalue weighted by Gasteiger charge is -2.30. The Morgan fingerprint density at radius 3 is 2.76 bits per heavy atom. The Bertz CT molecular complexity index is 1400. The molecule has 3 fully saturated rings. The van der Waals surface area contributed by atoms with E-state index in [1.807, 2.05) is 18.3 Å². The van der Waals surface area contributed by atoms with Crippen molar-refractivity contribution in [3.63, 3.8) is 0 Å². The van der Waals surface area contributed by atoms with Gasteiger partial charge < -0.3 is 20.3 Å². The lowest BCUT2D eigenvalue weighted by molar-refractivity contribution is -0.117. The molecule has 3 aromatic rings. The SMILES string of the molecule is CNc1ncc(C#Cc2ccc([C@@H]3C[C@@H]3[C@H]3CN(C)CCO3)cn2)c2cc(NC(=O)[C@H]3C[C@H]3C)nnc12. The third-order valence-corrected chi connectivity index (χ3v) is 7.72. The number of hydrogen-bond acceptors (Lipinski definition) is 8. The summed E-state index contributed by atoms with van der Waals surface area (Å²) >= 11 is 0. The molecule has 9 nitrogen and oxygen atoms in total. The number of nitrogens with one attached hydrogen (secondary N) is 2. The summed E-state index contributed by atoms with van der Waals surface area (Å²) in [5.74, 6) is 8.93. The third kappa shape index (κ3) is 4.99. The van der Waals surface area contributed by atoms with E-state index in [-0.39, 0.29) is 11.8 Å². The quantitative estimate of drug-likeness (QED) is 0.519. The second-order valence-electron chi connectivity index (χ2n) is 10.5. The Morgan fingerprint density at radius 2 is 2.03 bits per heavy atom. The highest BCUT2D eigenvalue weighted by Gasteiger charge is 2.45. The number of carbonyl (C=O) groups is 1. The van der Waals surface area contributed by atoms with E-state index < -0.39 is 0 Å². The van der Waals surface area contributed by atoms with Gasteiger partial charge in [0.1, 0.15) is 11.2 Å². The van der Waals surface area contributed by atoms with Crippen LogP contribution < -0.4 is 10.6 Å². The first-order valence-electron chi connectivity index (χ1n) is 12.9. The largest absolute Gasteiger partial charge is 0.375 e. The minimum Gasteiger partial charge on any atom is -0.375 e. The predicted molar refractivity (Wildman–Crippen MR) is 141 cm³/mol. The Hall–Kier alpha value is -3.61. The molecule has 3 aliphatic rings. The van der Waals surface area contributed by atoms with Gasteiger partial charge in [0, 0.05) is 43.8 Å². The highest BCUT2D eigenvalue weighted by molar-refractivity contribution is 5.97. The summed E-state index contributed by atoms with van der Waals surface area (Å²) in [6.07, 6.45) is 6.04. The Balaban J connectivity index is 1.20. The molecule has 0 aromatic carbocycles. The van der Waals surface area contributed by atoms with Crippen LogP contribution in [0.3, 0.4) is 0 Å². The second kappa shape index (κ2) is 9.69. The van der Waals surface area contributed by atoms with E-state index in [0.717, 1.165) is 37.9 Å². The molecule has 2 saturated carbocycles. The fourth-order valence-corrected chi connectivity index (χ4v) is 5.19. The molecule has 37 heavy (non-hydrogen) atoms. The molecule has 0 unspecified atom stereocenters. The van der Waals surface area contributed by atoms with Crippen LogP contribution in [0.1, 0.15) is 42.5 Å². The number of morpholine rings is 1. The molecular formula is C28H31N7O2. The zero-order chi connectivity index (χ0) is 25.5. The number of aromatic nitrogens is 4. The fourth-order valence-electron chi connectivity index (χ4n) is 5.19. The molecule has 4 heterocycles. The maximum absolute atomic E-state index is 12.4. The Labute approximate surface area is 216 Å². The van der Waals surface area contributed by atoms with Crippen LogP contribution in [0.2, 0.25) is 0 Å². The van der Waals surface area contributed by atoms with Gasteiger partial charge >= 0.3 is 0 Å². The summed E-state index contributed by atoms with van der Waals surface area (Å²) in [6.45, 7) is 4.90. The van der Waals surface area contributed by atoms with E-state index in [0.29, 0.717) is 52.3 Å². The Morgan fingerprint density at radius 1 is 1.16 bits per heavy atom. The average Bonchev–Trinajstić information content (AvgIpc) is 3.84. The van der Waals surface area contributed by atoms with Gasteiger partial charge in [0.25, 0.3) is 0 Å². The number of fused-ring (bicyclic) bond motifs is 1. The normalized spacial score (nSPS) is 26.7. The number of ether oxygens (including phenoxy) is 1. The predicted octanol–water partition coefficient (Wildman–Crippen LogP) is 2.89. The summed E-state index contributed by atoms with van der Waals surface area (Å²) in [5.41, 5.74) is 3.24. The number of likely N-dealkylation sites (N-methyl/N-ethyl adjacent to an activating group) is 1. The minimum absolute atomic E-state index is 0.0130. The van der Waals surface area contributed by atoms with Crippen molar-refractivity contribution in [2.24, 2.45) is 17.8 Å². The molecule has 9 heteroatoms. The van der Waals surface area contributed by atoms with Crippen molar-refractivity contribution in [3.05, 3.63) is 47.4 Å². The van der Waals surface area contributed by atoms with Gasteiger partial charge in [-0.1, -0.05) is 18.9 Å². The number of pyridine rings is 2. The molecule has 6 rings (SSSR count). The first-order chi connectivity index (χ1) is 18.0. The highest BCUT2D eigenvalue weighted by atomic mass is 16.5. The highest BCUT2D eigenvalue weighted by Crippen LogP contribution is 2.50. The first kappa shape index (κ1) is 23.8. The molecule has 1 aliphatic heterocycles. The van der Waals surface area contributed by atoms with Gasteiger partial charge in [0.15, 0.2) is 11.6 Å². The van der Waals surface area contributed by atoms with Crippen LogP contribution in [0.5, 0.6) is 0 Å². The zero-order valence-electron chi connectivity index (χ0n) is 21.4. The monoisotopic (exact) mass is 497 g/mol. The van der Waals surface area contributed by atoms with Crippen molar-refractivity contribution < 1.29 is 9.53 Å². The number of carbonyl (C=O) groups excluding carboxylic acids is 1. The van der Waals surface area contributed by atoms with Crippen molar-refractivity contribution in [3.8, 4) is 11.8 Å². The van der Waals surface area contributed by atoms with E-state index in [2.05, 4.69) is 67.6 Å². The molecule has 3 aromatic heterocycles. The van der Waals surface area contributed by atoms with Gasteiger partial charge in [0.2, 0.25) is 5.91 Å². The lowest BCUT2D eigenvalue weighted by Crippen LogP contribution is -2.41. The molecular weight excluding hydrogens is 466 g/mol. The van der Waals surface area contributed by atoms with Crippen molar-refractivity contribution in [1.82, 2.24) is 25.1 Å². The summed E-state index contributed by atoms with van der Waals surface area (Å²) in [7, 11) is 3.94. The van der Waals surface area contributed by atoms with E-state index >= 15 is 0 Å². The van der Waals surface area contributed by atoms with E-state index in [1.165, 1.54) is 5.56 Å². The number of nitrogens with zero attached hydrogens (tertiary/aromatic N) is 5. The van der Waals surface area contributed by atoms with Crippen molar-refractivity contribution >= 4 is 28.4 Å². The van der Waals surface area contributed by atoms with Gasteiger partial charge in [0.05, 0.1) is 18.3 Å². The van der Waals surface area contributed by atoms with Crippen LogP contribution in [0, 0.1) is 29.6 Å². The molecule has 0 bridgehead atoms. The molecule has 1 saturated heterocycles.